The summed E-state index contributed by atoms with van der Waals surface area (Å²) < 4.78 is 0. The molecule has 4 N–H and O–H groups in total. The third-order valence-corrected chi connectivity index (χ3v) is 3.66. The van der Waals surface area contributed by atoms with Gasteiger partial charge in [-0.1, -0.05) is 60.7 Å². The normalized spacial score (nSPS) is 13.6. The maximum Gasteiger partial charge on any atom is 0.340 e. The largest absolute Gasteiger partial charge is 0.386 e. The Morgan fingerprint density at radius 2 is 1.61 bits per heavy atom. The molecule has 6 nitrogen and oxygen atoms in total. The molecule has 2 atom stereocenters. The maximum absolute atomic E-state index is 11.1. The molecule has 0 aliphatic carbocycles. The molecule has 0 unspecified atom stereocenters. The summed E-state index contributed by atoms with van der Waals surface area (Å²) in [7, 11) is 0. The van der Waals surface area contributed by atoms with E-state index in [-0.39, 0.29) is 11.7 Å². The molecule has 0 amide bonds. The Balaban J connectivity index is 1.83. The Morgan fingerprint density at radius 1 is 1.00 bits per heavy atom. The molecule has 3 aromatic rings. The van der Waals surface area contributed by atoms with Gasteiger partial charge in [0.15, 0.2) is 0 Å². The number of benzene rings is 2. The molecular weight excluding hydrogens is 292 g/mol. The molecule has 1 heterocycles. The molecule has 118 valence electrons. The van der Waals surface area contributed by atoms with Crippen LogP contribution in [0, 0.1) is 0 Å². The predicted molar refractivity (Wildman–Crippen MR) is 86.6 cm³/mol. The van der Waals surface area contributed by atoms with Gasteiger partial charge in [0.1, 0.15) is 5.82 Å². The summed E-state index contributed by atoms with van der Waals surface area (Å²) in [4.78, 5) is 13.7. The average Bonchev–Trinajstić information content (AvgIpc) is 3.02. The SMILES string of the molecule is O=c1[nH]nc(CN[C@H](c2ccccc2)[C@@H](O)c2ccccc2)[nH]1. The first kappa shape index (κ1) is 15.2. The van der Waals surface area contributed by atoms with Crippen LogP contribution in [0.1, 0.15) is 29.1 Å². The standard InChI is InChI=1S/C17H18N4O2/c22-16(13-9-5-2-6-10-13)15(12-7-3-1-4-8-12)18-11-14-19-17(23)21-20-14/h1-10,15-16,18,22H,11H2,(H2,19,20,21,23)/t15-,16+/m1/s1. The number of aromatic nitrogens is 3. The van der Waals surface area contributed by atoms with Gasteiger partial charge in [0.25, 0.3) is 0 Å². The number of aliphatic hydroxyl groups is 1. The van der Waals surface area contributed by atoms with Gasteiger partial charge in [0.2, 0.25) is 0 Å². The smallest absolute Gasteiger partial charge is 0.340 e. The molecule has 23 heavy (non-hydrogen) atoms. The topological polar surface area (TPSA) is 93.8 Å². The van der Waals surface area contributed by atoms with E-state index in [0.29, 0.717) is 12.4 Å². The minimum absolute atomic E-state index is 0.321. The molecular formula is C17H18N4O2. The van der Waals surface area contributed by atoms with Gasteiger partial charge in [-0.3, -0.25) is 4.98 Å². The second-order valence-corrected chi connectivity index (χ2v) is 5.25. The number of nitrogens with one attached hydrogen (secondary N) is 3. The number of aromatic amines is 2. The van der Waals surface area contributed by atoms with Crippen molar-refractivity contribution in [3.63, 3.8) is 0 Å². The van der Waals surface area contributed by atoms with Crippen LogP contribution >= 0.6 is 0 Å². The molecule has 0 saturated carbocycles. The summed E-state index contributed by atoms with van der Waals surface area (Å²) in [6.45, 7) is 0.336. The van der Waals surface area contributed by atoms with E-state index in [1.165, 1.54) is 0 Å². The van der Waals surface area contributed by atoms with Crippen molar-refractivity contribution < 1.29 is 5.11 Å². The average molecular weight is 310 g/mol. The highest BCUT2D eigenvalue weighted by Crippen LogP contribution is 2.28. The van der Waals surface area contributed by atoms with E-state index in [4.69, 9.17) is 0 Å². The molecule has 2 aromatic carbocycles. The summed E-state index contributed by atoms with van der Waals surface area (Å²) in [5.74, 6) is 0.496. The van der Waals surface area contributed by atoms with E-state index in [9.17, 15) is 9.90 Å². The molecule has 0 aliphatic heterocycles. The Kier molecular flexibility index (Phi) is 4.65. The van der Waals surface area contributed by atoms with Crippen LogP contribution < -0.4 is 11.0 Å². The Labute approximate surface area is 133 Å². The fourth-order valence-corrected chi connectivity index (χ4v) is 2.51. The van der Waals surface area contributed by atoms with Crippen LogP contribution in [0.3, 0.4) is 0 Å². The Hall–Kier alpha value is -2.70. The first-order valence-corrected chi connectivity index (χ1v) is 7.39. The van der Waals surface area contributed by atoms with Gasteiger partial charge < -0.3 is 10.4 Å². The van der Waals surface area contributed by atoms with Gasteiger partial charge in [-0.05, 0) is 11.1 Å². The Morgan fingerprint density at radius 3 is 2.17 bits per heavy atom. The number of hydrogen-bond donors (Lipinski definition) is 4. The summed E-state index contributed by atoms with van der Waals surface area (Å²) >= 11 is 0. The van der Waals surface area contributed by atoms with Crippen molar-refractivity contribution in [3.05, 3.63) is 88.1 Å². The van der Waals surface area contributed by atoms with Crippen LogP contribution in [-0.2, 0) is 6.54 Å². The minimum atomic E-state index is -0.718. The third kappa shape index (κ3) is 3.74. The van der Waals surface area contributed by atoms with Gasteiger partial charge in [-0.25, -0.2) is 9.89 Å². The van der Waals surface area contributed by atoms with E-state index in [2.05, 4.69) is 20.5 Å². The van der Waals surface area contributed by atoms with Crippen LogP contribution in [0.15, 0.2) is 65.5 Å². The first-order valence-electron chi connectivity index (χ1n) is 7.39. The number of H-pyrrole nitrogens is 2. The lowest BCUT2D eigenvalue weighted by Gasteiger charge is -2.24. The van der Waals surface area contributed by atoms with Gasteiger partial charge in [-0.2, -0.15) is 5.10 Å². The summed E-state index contributed by atoms with van der Waals surface area (Å²) in [6, 6.07) is 18.9. The zero-order valence-electron chi connectivity index (χ0n) is 12.4. The number of rotatable bonds is 6. The molecule has 0 fully saturated rings. The van der Waals surface area contributed by atoms with Crippen molar-refractivity contribution in [2.24, 2.45) is 0 Å². The summed E-state index contributed by atoms with van der Waals surface area (Å²) in [5, 5.41) is 20.2. The van der Waals surface area contributed by atoms with E-state index >= 15 is 0 Å². The lowest BCUT2D eigenvalue weighted by molar-refractivity contribution is 0.127. The van der Waals surface area contributed by atoms with Crippen LogP contribution in [-0.4, -0.2) is 20.3 Å². The predicted octanol–water partition coefficient (Wildman–Crippen LogP) is 1.66. The van der Waals surface area contributed by atoms with E-state index in [1.807, 2.05) is 60.7 Å². The molecule has 6 heteroatoms. The molecule has 1 aromatic heterocycles. The van der Waals surface area contributed by atoms with Crippen molar-refractivity contribution in [1.82, 2.24) is 20.5 Å². The van der Waals surface area contributed by atoms with E-state index in [1.54, 1.807) is 0 Å². The van der Waals surface area contributed by atoms with Crippen LogP contribution in [0.25, 0.3) is 0 Å². The highest BCUT2D eigenvalue weighted by Gasteiger charge is 2.22. The zero-order valence-corrected chi connectivity index (χ0v) is 12.4. The van der Waals surface area contributed by atoms with Gasteiger partial charge in [0.05, 0.1) is 18.7 Å². The quantitative estimate of drug-likeness (QED) is 0.557. The van der Waals surface area contributed by atoms with Crippen LogP contribution in [0.2, 0.25) is 0 Å². The van der Waals surface area contributed by atoms with Gasteiger partial charge in [-0.15, -0.1) is 0 Å². The molecule has 0 saturated heterocycles. The third-order valence-electron chi connectivity index (χ3n) is 3.66. The minimum Gasteiger partial charge on any atom is -0.386 e. The number of aliphatic hydroxyl groups excluding tert-OH is 1. The first-order chi connectivity index (χ1) is 11.2. The number of hydrogen-bond acceptors (Lipinski definition) is 4. The fourth-order valence-electron chi connectivity index (χ4n) is 2.51. The van der Waals surface area contributed by atoms with Crippen LogP contribution in [0.5, 0.6) is 0 Å². The van der Waals surface area contributed by atoms with Crippen LogP contribution in [0.4, 0.5) is 0 Å². The second kappa shape index (κ2) is 7.04. The second-order valence-electron chi connectivity index (χ2n) is 5.25. The van der Waals surface area contributed by atoms with E-state index < -0.39 is 6.10 Å². The van der Waals surface area contributed by atoms with Gasteiger partial charge in [0, 0.05) is 0 Å². The highest BCUT2D eigenvalue weighted by molar-refractivity contribution is 5.26. The zero-order chi connectivity index (χ0) is 16.1. The monoisotopic (exact) mass is 310 g/mol. The van der Waals surface area contributed by atoms with Crippen molar-refractivity contribution in [1.29, 1.82) is 0 Å². The highest BCUT2D eigenvalue weighted by atomic mass is 16.3. The lowest BCUT2D eigenvalue weighted by Crippen LogP contribution is -2.27. The number of nitrogens with zero attached hydrogens (tertiary/aromatic N) is 1. The molecule has 0 spiro atoms. The van der Waals surface area contributed by atoms with Crippen molar-refractivity contribution in [2.45, 2.75) is 18.7 Å². The fraction of sp³-hybridized carbons (Fsp3) is 0.176. The molecule has 0 radical (unpaired) electrons. The van der Waals surface area contributed by atoms with Gasteiger partial charge >= 0.3 is 5.69 Å². The maximum atomic E-state index is 11.1. The molecule has 0 bridgehead atoms. The van der Waals surface area contributed by atoms with E-state index in [0.717, 1.165) is 11.1 Å². The Bertz CT molecular complexity index is 783. The molecule has 3 rings (SSSR count). The van der Waals surface area contributed by atoms with Crippen molar-refractivity contribution in [2.75, 3.05) is 0 Å². The molecule has 0 aliphatic rings. The van der Waals surface area contributed by atoms with Crippen molar-refractivity contribution in [3.8, 4) is 0 Å². The summed E-state index contributed by atoms with van der Waals surface area (Å²) in [5.41, 5.74) is 1.44. The summed E-state index contributed by atoms with van der Waals surface area (Å²) in [6.07, 6.45) is -0.718. The van der Waals surface area contributed by atoms with Crippen molar-refractivity contribution >= 4 is 0 Å². The lowest BCUT2D eigenvalue weighted by atomic mass is 9.96.